The van der Waals surface area contributed by atoms with Gasteiger partial charge in [-0.2, -0.15) is 5.26 Å². The molecule has 0 amide bonds. The molecule has 0 aliphatic rings. The molecule has 0 saturated heterocycles. The molecular formula is C22H17Cl2N7. The molecule has 0 aliphatic heterocycles. The van der Waals surface area contributed by atoms with Crippen LogP contribution in [-0.4, -0.2) is 32.6 Å². The number of halogens is 2. The average molecular weight is 450 g/mol. The lowest BCUT2D eigenvalue weighted by molar-refractivity contribution is 1.02. The zero-order valence-electron chi connectivity index (χ0n) is 16.3. The van der Waals surface area contributed by atoms with Crippen molar-refractivity contribution in [2.75, 3.05) is 23.7 Å². The first-order valence-corrected chi connectivity index (χ1v) is 10.2. The van der Waals surface area contributed by atoms with Crippen molar-refractivity contribution in [3.05, 3.63) is 83.0 Å². The van der Waals surface area contributed by atoms with Gasteiger partial charge in [0.1, 0.15) is 17.7 Å². The van der Waals surface area contributed by atoms with E-state index < -0.39 is 0 Å². The maximum absolute atomic E-state index is 8.84. The highest BCUT2D eigenvalue weighted by atomic mass is 35.5. The quantitative estimate of drug-likeness (QED) is 0.384. The molecule has 0 atom stereocenters. The number of rotatable bonds is 7. The Bertz CT molecular complexity index is 1220. The molecule has 4 rings (SSSR count). The summed E-state index contributed by atoms with van der Waals surface area (Å²) in [5, 5.41) is 16.4. The Morgan fingerprint density at radius 1 is 1.00 bits per heavy atom. The molecule has 0 unspecified atom stereocenters. The van der Waals surface area contributed by atoms with Crippen LogP contribution in [0, 0.1) is 11.3 Å². The van der Waals surface area contributed by atoms with Gasteiger partial charge in [0.25, 0.3) is 0 Å². The number of imidazole rings is 1. The van der Waals surface area contributed by atoms with E-state index in [0.29, 0.717) is 46.0 Å². The standard InChI is InChI=1S/C22H17Cl2N7/c23-16-2-3-17(18(24)11-16)22-19(31-10-9-26-14-31)4-6-21(30-22)28-8-7-27-20-5-1-15(12-25)13-29-20/h1-6,9-11,13-14H,7-8H2,(H,27,29)(H,28,30). The highest BCUT2D eigenvalue weighted by Gasteiger charge is 2.14. The molecule has 3 heterocycles. The number of anilines is 2. The van der Waals surface area contributed by atoms with Gasteiger partial charge in [-0.3, -0.25) is 0 Å². The summed E-state index contributed by atoms with van der Waals surface area (Å²) in [4.78, 5) is 13.1. The molecule has 4 aromatic rings. The van der Waals surface area contributed by atoms with E-state index >= 15 is 0 Å². The van der Waals surface area contributed by atoms with Crippen molar-refractivity contribution >= 4 is 34.8 Å². The molecule has 154 valence electrons. The molecule has 0 bridgehead atoms. The lowest BCUT2D eigenvalue weighted by Crippen LogP contribution is -2.15. The Morgan fingerprint density at radius 2 is 1.81 bits per heavy atom. The van der Waals surface area contributed by atoms with Gasteiger partial charge in [-0.25, -0.2) is 15.0 Å². The molecule has 0 spiro atoms. The average Bonchev–Trinajstić information content (AvgIpc) is 3.32. The first kappa shape index (κ1) is 20.7. The predicted molar refractivity (Wildman–Crippen MR) is 123 cm³/mol. The zero-order valence-corrected chi connectivity index (χ0v) is 17.8. The molecular weight excluding hydrogens is 433 g/mol. The van der Waals surface area contributed by atoms with E-state index in [9.17, 15) is 0 Å². The summed E-state index contributed by atoms with van der Waals surface area (Å²) in [5.41, 5.74) is 2.87. The minimum atomic E-state index is 0.520. The van der Waals surface area contributed by atoms with Crippen LogP contribution >= 0.6 is 23.2 Å². The predicted octanol–water partition coefficient (Wildman–Crippen LogP) is 5.03. The topological polar surface area (TPSA) is 91.5 Å². The van der Waals surface area contributed by atoms with Crippen molar-refractivity contribution < 1.29 is 0 Å². The Morgan fingerprint density at radius 3 is 2.48 bits per heavy atom. The molecule has 1 aromatic carbocycles. The number of hydrogen-bond acceptors (Lipinski definition) is 6. The third-order valence-corrected chi connectivity index (χ3v) is 5.02. The second-order valence-corrected chi connectivity index (χ2v) is 7.40. The van der Waals surface area contributed by atoms with Gasteiger partial charge in [-0.05, 0) is 42.5 Å². The highest BCUT2D eigenvalue weighted by molar-refractivity contribution is 6.36. The van der Waals surface area contributed by atoms with Crippen LogP contribution in [0.15, 0.2) is 67.4 Å². The normalized spacial score (nSPS) is 10.5. The van der Waals surface area contributed by atoms with Crippen molar-refractivity contribution in [2.45, 2.75) is 0 Å². The molecule has 0 fully saturated rings. The molecule has 31 heavy (non-hydrogen) atoms. The SMILES string of the molecule is N#Cc1ccc(NCCNc2ccc(-n3ccnc3)c(-c3ccc(Cl)cc3Cl)n2)nc1. The van der Waals surface area contributed by atoms with Crippen LogP contribution in [-0.2, 0) is 0 Å². The Balaban J connectivity index is 1.51. The van der Waals surface area contributed by atoms with Gasteiger partial charge in [0.05, 0.1) is 28.3 Å². The molecule has 0 aliphatic carbocycles. The summed E-state index contributed by atoms with van der Waals surface area (Å²) in [6.07, 6.45) is 6.81. The minimum absolute atomic E-state index is 0.520. The smallest absolute Gasteiger partial charge is 0.126 e. The molecule has 7 nitrogen and oxygen atoms in total. The van der Waals surface area contributed by atoms with Gasteiger partial charge >= 0.3 is 0 Å². The van der Waals surface area contributed by atoms with Gasteiger partial charge in [0.15, 0.2) is 0 Å². The van der Waals surface area contributed by atoms with Gasteiger partial charge < -0.3 is 15.2 Å². The van der Waals surface area contributed by atoms with Crippen LogP contribution in [0.2, 0.25) is 10.0 Å². The highest BCUT2D eigenvalue weighted by Crippen LogP contribution is 2.33. The molecule has 2 N–H and O–H groups in total. The fourth-order valence-corrected chi connectivity index (χ4v) is 3.48. The lowest BCUT2D eigenvalue weighted by atomic mass is 10.1. The second kappa shape index (κ2) is 9.47. The van der Waals surface area contributed by atoms with E-state index in [1.807, 2.05) is 29.0 Å². The molecule has 0 saturated carbocycles. The Hall–Kier alpha value is -3.60. The summed E-state index contributed by atoms with van der Waals surface area (Å²) in [6, 6.07) is 14.8. The van der Waals surface area contributed by atoms with Crippen LogP contribution in [0.4, 0.5) is 11.6 Å². The van der Waals surface area contributed by atoms with Gasteiger partial charge in [-0.1, -0.05) is 23.2 Å². The molecule has 0 radical (unpaired) electrons. The first-order chi connectivity index (χ1) is 15.1. The summed E-state index contributed by atoms with van der Waals surface area (Å²) in [6.45, 7) is 1.24. The van der Waals surface area contributed by atoms with Crippen LogP contribution in [0.3, 0.4) is 0 Å². The van der Waals surface area contributed by atoms with Crippen LogP contribution < -0.4 is 10.6 Å². The van der Waals surface area contributed by atoms with E-state index in [2.05, 4.69) is 26.7 Å². The molecule has 9 heteroatoms. The van der Waals surface area contributed by atoms with Crippen molar-refractivity contribution in [1.82, 2.24) is 19.5 Å². The number of nitrogens with zero attached hydrogens (tertiary/aromatic N) is 5. The zero-order chi connectivity index (χ0) is 21.6. The largest absolute Gasteiger partial charge is 0.368 e. The van der Waals surface area contributed by atoms with Crippen molar-refractivity contribution in [2.24, 2.45) is 0 Å². The molecule has 3 aromatic heterocycles. The van der Waals surface area contributed by atoms with Crippen molar-refractivity contribution in [3.63, 3.8) is 0 Å². The summed E-state index contributed by atoms with van der Waals surface area (Å²) in [5.74, 6) is 1.41. The Kier molecular flexibility index (Phi) is 6.32. The van der Waals surface area contributed by atoms with E-state index in [0.717, 1.165) is 11.3 Å². The van der Waals surface area contributed by atoms with Crippen molar-refractivity contribution in [3.8, 4) is 23.0 Å². The third kappa shape index (κ3) is 4.94. The summed E-state index contributed by atoms with van der Waals surface area (Å²) < 4.78 is 1.88. The van der Waals surface area contributed by atoms with Crippen molar-refractivity contribution in [1.29, 1.82) is 5.26 Å². The summed E-state index contributed by atoms with van der Waals surface area (Å²) in [7, 11) is 0. The first-order valence-electron chi connectivity index (χ1n) is 9.43. The monoisotopic (exact) mass is 449 g/mol. The van der Waals surface area contributed by atoms with Gasteiger partial charge in [-0.15, -0.1) is 0 Å². The van der Waals surface area contributed by atoms with Crippen LogP contribution in [0.5, 0.6) is 0 Å². The summed E-state index contributed by atoms with van der Waals surface area (Å²) >= 11 is 12.5. The lowest BCUT2D eigenvalue weighted by Gasteiger charge is -2.14. The third-order valence-electron chi connectivity index (χ3n) is 4.47. The Labute approximate surface area is 189 Å². The number of nitriles is 1. The second-order valence-electron chi connectivity index (χ2n) is 6.56. The van der Waals surface area contributed by atoms with E-state index in [-0.39, 0.29) is 0 Å². The van der Waals surface area contributed by atoms with Gasteiger partial charge in [0.2, 0.25) is 0 Å². The van der Waals surface area contributed by atoms with E-state index in [4.69, 9.17) is 33.4 Å². The number of hydrogen-bond donors (Lipinski definition) is 2. The number of aromatic nitrogens is 4. The number of benzene rings is 1. The maximum Gasteiger partial charge on any atom is 0.126 e. The number of nitrogens with one attached hydrogen (secondary N) is 2. The van der Waals surface area contributed by atoms with E-state index in [1.165, 1.54) is 6.20 Å². The fraction of sp³-hybridized carbons (Fsp3) is 0.0909. The number of pyridine rings is 2. The fourth-order valence-electron chi connectivity index (χ4n) is 2.99. The van der Waals surface area contributed by atoms with E-state index in [1.54, 1.807) is 36.8 Å². The van der Waals surface area contributed by atoms with Crippen LogP contribution in [0.1, 0.15) is 5.56 Å². The minimum Gasteiger partial charge on any atom is -0.368 e. The van der Waals surface area contributed by atoms with Gasteiger partial charge in [0, 0.05) is 42.3 Å². The maximum atomic E-state index is 8.84. The van der Waals surface area contributed by atoms with Crippen LogP contribution in [0.25, 0.3) is 16.9 Å².